The van der Waals surface area contributed by atoms with Gasteiger partial charge in [-0.1, -0.05) is 30.9 Å². The topological polar surface area (TPSA) is 9.23 Å². The molecule has 0 fully saturated rings. The number of halogens is 7. The van der Waals surface area contributed by atoms with E-state index in [2.05, 4.69) is 49.0 Å². The van der Waals surface area contributed by atoms with Crippen molar-refractivity contribution >= 4 is 19.5 Å². The Morgan fingerprint density at radius 1 is 0.833 bits per heavy atom. The van der Waals surface area contributed by atoms with Crippen LogP contribution >= 0.6 is 0 Å². The summed E-state index contributed by atoms with van der Waals surface area (Å²) in [6.45, 7) is 4.19. The first-order valence-electron chi connectivity index (χ1n) is 6.43. The summed E-state index contributed by atoms with van der Waals surface area (Å²) in [6.07, 6.45) is 1.75. The zero-order valence-corrected chi connectivity index (χ0v) is 16.9. The third kappa shape index (κ3) is 13.5. The molecule has 0 spiro atoms. The molecule has 0 aliphatic heterocycles. The first kappa shape index (κ1) is 21.2. The summed E-state index contributed by atoms with van der Waals surface area (Å²) in [7, 11) is 0. The second-order valence-electron chi connectivity index (χ2n) is 4.40. The minimum absolute atomic E-state index is 0.0734. The van der Waals surface area contributed by atoms with Crippen LogP contribution in [-0.4, -0.2) is 26.1 Å². The van der Waals surface area contributed by atoms with Crippen LogP contribution in [0.1, 0.15) is 0 Å². The van der Waals surface area contributed by atoms with Crippen molar-refractivity contribution in [2.75, 3.05) is 6.61 Å². The molecule has 0 aromatic heterocycles. The molecule has 0 aliphatic rings. The third-order valence-electron chi connectivity index (χ3n) is 2.13. The summed E-state index contributed by atoms with van der Waals surface area (Å²) < 4.78 is 67.8. The van der Waals surface area contributed by atoms with E-state index in [0.717, 1.165) is 5.75 Å². The molecule has 1 nitrogen and oxygen atoms in total. The molecule has 134 valence electrons. The summed E-state index contributed by atoms with van der Waals surface area (Å²) in [5.74, 6) is 0.908. The van der Waals surface area contributed by atoms with Crippen LogP contribution in [0.25, 0.3) is 0 Å². The van der Waals surface area contributed by atoms with E-state index in [1.54, 1.807) is 6.08 Å². The summed E-state index contributed by atoms with van der Waals surface area (Å²) in [4.78, 5) is 0. The van der Waals surface area contributed by atoms with Crippen LogP contribution < -0.4 is 25.9 Å². The van der Waals surface area contributed by atoms with E-state index < -0.39 is 19.5 Å². The van der Waals surface area contributed by atoms with E-state index in [0.29, 0.717) is 6.61 Å². The van der Waals surface area contributed by atoms with Gasteiger partial charge in [0.2, 0.25) is 0 Å². The Balaban J connectivity index is 0.000000351. The summed E-state index contributed by atoms with van der Waals surface area (Å²) in [6, 6.07) is 19.0. The van der Waals surface area contributed by atoms with Crippen molar-refractivity contribution in [1.29, 1.82) is 0 Å². The number of hydrogen-bond acceptors (Lipinski definition) is 1. The van der Waals surface area contributed by atoms with Crippen LogP contribution in [-0.2, 0) is 0 Å². The zero-order valence-electron chi connectivity index (χ0n) is 12.2. The van der Waals surface area contributed by atoms with Crippen molar-refractivity contribution in [3.63, 3.8) is 0 Å². The molecule has 0 unspecified atom stereocenters. The number of benzene rings is 2. The Morgan fingerprint density at radius 3 is 1.75 bits per heavy atom. The normalized spacial score (nSPS) is 13.8. The Bertz CT molecular complexity index is 644. The number of ether oxygens (including phenoxy) is 1. The van der Waals surface area contributed by atoms with Crippen LogP contribution in [0.15, 0.2) is 67.3 Å². The molecule has 2 aromatic carbocycles. The summed E-state index contributed by atoms with van der Waals surface area (Å²) >= 11 is -11.3. The Hall–Kier alpha value is -0.892. The molecule has 0 heterocycles. The van der Waals surface area contributed by atoms with Crippen molar-refractivity contribution in [2.45, 2.75) is 0 Å². The van der Waals surface area contributed by atoms with E-state index in [4.69, 9.17) is 4.74 Å². The first-order chi connectivity index (χ1) is 10.8. The zero-order chi connectivity index (χ0) is 18.3. The van der Waals surface area contributed by atoms with Gasteiger partial charge in [0.1, 0.15) is 12.4 Å². The quantitative estimate of drug-likeness (QED) is 0.232. The first-order valence-corrected chi connectivity index (χ1v) is 14.4. The average molecular weight is 573 g/mol. The van der Waals surface area contributed by atoms with Gasteiger partial charge in [-0.25, -0.2) is 0 Å². The second-order valence-corrected chi connectivity index (χ2v) is 12.9. The van der Waals surface area contributed by atoms with Gasteiger partial charge in [-0.3, -0.25) is 0 Å². The molecule has 0 saturated heterocycles. The molecule has 0 bridgehead atoms. The van der Waals surface area contributed by atoms with Crippen molar-refractivity contribution in [3.05, 3.63) is 74.4 Å². The van der Waals surface area contributed by atoms with Crippen LogP contribution in [0.2, 0.25) is 0 Å². The van der Waals surface area contributed by atoms with Crippen LogP contribution in [0.3, 0.4) is 0 Å². The van der Waals surface area contributed by atoms with E-state index in [1.807, 2.05) is 12.1 Å². The maximum absolute atomic E-state index is 11.2. The van der Waals surface area contributed by atoms with Crippen LogP contribution in [0.5, 0.6) is 5.75 Å². The van der Waals surface area contributed by atoms with E-state index in [1.165, 1.54) is 7.14 Å². The summed E-state index contributed by atoms with van der Waals surface area (Å²) in [5.41, 5.74) is 0. The number of rotatable bonds is 5. The molecular weight excluding hydrogens is 559 g/mol. The molecule has 0 aliphatic carbocycles. The van der Waals surface area contributed by atoms with Gasteiger partial charge in [0.25, 0.3) is 0 Å². The number of hydrogen-bond donors (Lipinski definition) is 0. The molecule has 0 saturated carbocycles. The van der Waals surface area contributed by atoms with Crippen LogP contribution in [0.4, 0.5) is 16.9 Å². The van der Waals surface area contributed by atoms with E-state index >= 15 is 0 Å². The molecule has 0 atom stereocenters. The molecule has 2 rings (SSSR count). The SMILES string of the molecule is C=CCOc1ccc([I+]c2ccccc2)cc1.[F][Sb-]([F])([F])([F])([F])[F]. The van der Waals surface area contributed by atoms with Gasteiger partial charge in [-0.05, 0) is 36.4 Å². The second kappa shape index (κ2) is 7.56. The Morgan fingerprint density at radius 2 is 1.29 bits per heavy atom. The van der Waals surface area contributed by atoms with Crippen molar-refractivity contribution in [2.24, 2.45) is 0 Å². The molecular formula is C15H14F6IOSb. The standard InChI is InChI=1S/C15H14IO.6FH.Sb/c1-2-12-17-15-10-8-14(9-11-15)16-13-6-4-3-5-7-13;;;;;;;/h2-11H,1,12H2;6*1H;/q+1;;;;;;;+5/p-6. The van der Waals surface area contributed by atoms with Crippen LogP contribution in [0, 0.1) is 7.14 Å². The summed E-state index contributed by atoms with van der Waals surface area (Å²) in [5, 5.41) is 0. The van der Waals surface area contributed by atoms with Gasteiger partial charge in [0.05, 0.1) is 0 Å². The predicted octanol–water partition coefficient (Wildman–Crippen LogP) is 2.52. The molecule has 24 heavy (non-hydrogen) atoms. The Kier molecular flexibility index (Phi) is 6.66. The van der Waals surface area contributed by atoms with Crippen molar-refractivity contribution in [1.82, 2.24) is 0 Å². The Labute approximate surface area is 148 Å². The molecule has 0 N–H and O–H groups in total. The molecule has 9 heteroatoms. The van der Waals surface area contributed by atoms with Gasteiger partial charge >= 0.3 is 57.6 Å². The van der Waals surface area contributed by atoms with Gasteiger partial charge < -0.3 is 4.74 Å². The van der Waals surface area contributed by atoms with E-state index in [9.17, 15) is 16.9 Å². The van der Waals surface area contributed by atoms with E-state index in [-0.39, 0.29) is 21.2 Å². The molecule has 0 radical (unpaired) electrons. The maximum atomic E-state index is 9.93. The van der Waals surface area contributed by atoms with Gasteiger partial charge in [-0.2, -0.15) is 0 Å². The van der Waals surface area contributed by atoms with Crippen molar-refractivity contribution in [3.8, 4) is 5.75 Å². The fourth-order valence-corrected chi connectivity index (χ4v) is 3.57. The van der Waals surface area contributed by atoms with Gasteiger partial charge in [-0.15, -0.1) is 0 Å². The average Bonchev–Trinajstić information content (AvgIpc) is 2.44. The minimum atomic E-state index is -11.2. The predicted molar refractivity (Wildman–Crippen MR) is 78.4 cm³/mol. The third-order valence-corrected chi connectivity index (χ3v) is 4.82. The van der Waals surface area contributed by atoms with Crippen molar-refractivity contribution < 1.29 is 42.8 Å². The molecule has 2 aromatic rings. The fourth-order valence-electron chi connectivity index (χ4n) is 1.35. The molecule has 0 amide bonds. The fraction of sp³-hybridized carbons (Fsp3) is 0.0667. The van der Waals surface area contributed by atoms with Gasteiger partial charge in [0.15, 0.2) is 7.14 Å². The monoisotopic (exact) mass is 572 g/mol. The van der Waals surface area contributed by atoms with Gasteiger partial charge in [0, 0.05) is 0 Å².